The van der Waals surface area contributed by atoms with E-state index in [0.717, 1.165) is 17.7 Å². The molecule has 1 rings (SSSR count). The first-order valence-corrected chi connectivity index (χ1v) is 5.13. The molecule has 1 N–H and O–H groups in total. The van der Waals surface area contributed by atoms with Crippen molar-refractivity contribution in [3.63, 3.8) is 0 Å². The monoisotopic (exact) mass is 204 g/mol. The minimum absolute atomic E-state index is 0.00946. The summed E-state index contributed by atoms with van der Waals surface area (Å²) in [5.41, 5.74) is 0.875. The van der Waals surface area contributed by atoms with Crippen molar-refractivity contribution in [3.8, 4) is 17.6 Å². The fourth-order valence-corrected chi connectivity index (χ4v) is 1.11. The number of aliphatic hydroxyl groups excluding tert-OH is 1. The highest BCUT2D eigenvalue weighted by Gasteiger charge is 2.04. The third kappa shape index (κ3) is 3.65. The van der Waals surface area contributed by atoms with Gasteiger partial charge in [0.15, 0.2) is 0 Å². The lowest BCUT2D eigenvalue weighted by molar-refractivity contribution is 0.129. The van der Waals surface area contributed by atoms with Gasteiger partial charge in [-0.2, -0.15) is 0 Å². The first-order chi connectivity index (χ1) is 7.27. The standard InChI is InChI=1S/C13H16O2/c1-3-4-7-12-8-5-6-9-13(12)15-11(2)10-14/h5-6,8-9,11,14H,3,10H2,1-2H3/t11-/m0/s1. The van der Waals surface area contributed by atoms with Gasteiger partial charge in [-0.05, 0) is 19.1 Å². The summed E-state index contributed by atoms with van der Waals surface area (Å²) in [6.45, 7) is 3.84. The predicted octanol–water partition coefficient (Wildman–Crippen LogP) is 2.21. The molecule has 80 valence electrons. The zero-order valence-electron chi connectivity index (χ0n) is 9.16. The van der Waals surface area contributed by atoms with Crippen molar-refractivity contribution in [2.24, 2.45) is 0 Å². The summed E-state index contributed by atoms with van der Waals surface area (Å²) in [5, 5.41) is 8.90. The molecule has 0 heterocycles. The quantitative estimate of drug-likeness (QED) is 0.765. The van der Waals surface area contributed by atoms with Gasteiger partial charge in [-0.15, -0.1) is 0 Å². The number of rotatable bonds is 3. The Bertz CT molecular complexity index is 360. The van der Waals surface area contributed by atoms with E-state index in [0.29, 0.717) is 0 Å². The summed E-state index contributed by atoms with van der Waals surface area (Å²) >= 11 is 0. The number of hydrogen-bond donors (Lipinski definition) is 1. The second kappa shape index (κ2) is 6.10. The Hall–Kier alpha value is -1.46. The predicted molar refractivity (Wildman–Crippen MR) is 60.8 cm³/mol. The van der Waals surface area contributed by atoms with Crippen LogP contribution in [0.15, 0.2) is 24.3 Å². The van der Waals surface area contributed by atoms with Gasteiger partial charge >= 0.3 is 0 Å². The van der Waals surface area contributed by atoms with Crippen LogP contribution in [0.1, 0.15) is 25.8 Å². The highest BCUT2D eigenvalue weighted by Crippen LogP contribution is 2.18. The van der Waals surface area contributed by atoms with Gasteiger partial charge in [0.05, 0.1) is 12.2 Å². The van der Waals surface area contributed by atoms with Crippen LogP contribution >= 0.6 is 0 Å². The molecule has 0 spiro atoms. The molecule has 1 aromatic rings. The molecule has 2 heteroatoms. The zero-order valence-corrected chi connectivity index (χ0v) is 9.16. The fourth-order valence-electron chi connectivity index (χ4n) is 1.11. The Balaban J connectivity index is 2.86. The number of para-hydroxylation sites is 1. The van der Waals surface area contributed by atoms with Crippen LogP contribution in [0.3, 0.4) is 0 Å². The minimum atomic E-state index is -0.199. The van der Waals surface area contributed by atoms with E-state index in [9.17, 15) is 0 Å². The van der Waals surface area contributed by atoms with Crippen molar-refractivity contribution < 1.29 is 9.84 Å². The minimum Gasteiger partial charge on any atom is -0.487 e. The molecule has 2 nitrogen and oxygen atoms in total. The van der Waals surface area contributed by atoms with E-state index >= 15 is 0 Å². The Labute approximate surface area is 90.9 Å². The molecule has 0 radical (unpaired) electrons. The number of ether oxygens (including phenoxy) is 1. The van der Waals surface area contributed by atoms with Gasteiger partial charge in [-0.25, -0.2) is 0 Å². The molecule has 0 aromatic heterocycles. The zero-order chi connectivity index (χ0) is 11.1. The van der Waals surface area contributed by atoms with Crippen LogP contribution < -0.4 is 4.74 Å². The van der Waals surface area contributed by atoms with Gasteiger partial charge in [-0.1, -0.05) is 30.9 Å². The average Bonchev–Trinajstić information content (AvgIpc) is 2.28. The van der Waals surface area contributed by atoms with Crippen LogP contribution in [-0.2, 0) is 0 Å². The van der Waals surface area contributed by atoms with Crippen LogP contribution in [0, 0.1) is 11.8 Å². The molecule has 0 unspecified atom stereocenters. The van der Waals surface area contributed by atoms with Crippen molar-refractivity contribution in [1.82, 2.24) is 0 Å². The summed E-state index contributed by atoms with van der Waals surface area (Å²) < 4.78 is 5.54. The molecule has 0 aliphatic rings. The topological polar surface area (TPSA) is 29.5 Å². The molecule has 0 fully saturated rings. The molecular weight excluding hydrogens is 188 g/mol. The lowest BCUT2D eigenvalue weighted by Crippen LogP contribution is -2.16. The molecule has 0 saturated carbocycles. The summed E-state index contributed by atoms with van der Waals surface area (Å²) in [5.74, 6) is 6.78. The highest BCUT2D eigenvalue weighted by molar-refractivity contribution is 5.45. The molecule has 0 bridgehead atoms. The Kier molecular flexibility index (Phi) is 4.73. The van der Waals surface area contributed by atoms with E-state index in [1.807, 2.05) is 38.1 Å². The second-order valence-electron chi connectivity index (χ2n) is 3.26. The van der Waals surface area contributed by atoms with Gasteiger partial charge in [0.2, 0.25) is 0 Å². The maximum absolute atomic E-state index is 8.90. The van der Waals surface area contributed by atoms with Crippen LogP contribution in [-0.4, -0.2) is 17.8 Å². The molecular formula is C13H16O2. The van der Waals surface area contributed by atoms with Gasteiger partial charge in [0.1, 0.15) is 11.9 Å². The maximum atomic E-state index is 8.90. The van der Waals surface area contributed by atoms with E-state index < -0.39 is 0 Å². The molecule has 0 aliphatic heterocycles. The maximum Gasteiger partial charge on any atom is 0.135 e. The van der Waals surface area contributed by atoms with Crippen molar-refractivity contribution in [2.75, 3.05) is 6.61 Å². The smallest absolute Gasteiger partial charge is 0.135 e. The summed E-state index contributed by atoms with van der Waals surface area (Å²) in [7, 11) is 0. The molecule has 0 aliphatic carbocycles. The third-order valence-electron chi connectivity index (χ3n) is 1.87. The Morgan fingerprint density at radius 1 is 1.40 bits per heavy atom. The summed E-state index contributed by atoms with van der Waals surface area (Å²) in [4.78, 5) is 0. The first kappa shape index (κ1) is 11.6. The molecule has 0 saturated heterocycles. The van der Waals surface area contributed by atoms with Crippen molar-refractivity contribution in [3.05, 3.63) is 29.8 Å². The lowest BCUT2D eigenvalue weighted by atomic mass is 10.2. The van der Waals surface area contributed by atoms with E-state index in [-0.39, 0.29) is 12.7 Å². The van der Waals surface area contributed by atoms with Gasteiger partial charge in [-0.3, -0.25) is 0 Å². The van der Waals surface area contributed by atoms with Gasteiger partial charge < -0.3 is 9.84 Å². The van der Waals surface area contributed by atoms with Crippen LogP contribution in [0.5, 0.6) is 5.75 Å². The van der Waals surface area contributed by atoms with Crippen molar-refractivity contribution in [2.45, 2.75) is 26.4 Å². The Morgan fingerprint density at radius 3 is 2.80 bits per heavy atom. The third-order valence-corrected chi connectivity index (χ3v) is 1.87. The van der Waals surface area contributed by atoms with Gasteiger partial charge in [0, 0.05) is 6.42 Å². The van der Waals surface area contributed by atoms with E-state index in [1.165, 1.54) is 0 Å². The van der Waals surface area contributed by atoms with E-state index in [4.69, 9.17) is 9.84 Å². The molecule has 1 atom stereocenters. The largest absolute Gasteiger partial charge is 0.487 e. The average molecular weight is 204 g/mol. The summed E-state index contributed by atoms with van der Waals surface area (Å²) in [6, 6.07) is 7.61. The van der Waals surface area contributed by atoms with Crippen molar-refractivity contribution in [1.29, 1.82) is 0 Å². The molecule has 15 heavy (non-hydrogen) atoms. The van der Waals surface area contributed by atoms with E-state index in [1.54, 1.807) is 0 Å². The van der Waals surface area contributed by atoms with Crippen LogP contribution in [0.2, 0.25) is 0 Å². The van der Waals surface area contributed by atoms with Gasteiger partial charge in [0.25, 0.3) is 0 Å². The molecule has 0 amide bonds. The first-order valence-electron chi connectivity index (χ1n) is 5.13. The highest BCUT2D eigenvalue weighted by atomic mass is 16.5. The molecule has 1 aromatic carbocycles. The SMILES string of the molecule is CCC#Cc1ccccc1O[C@@H](C)CO. The number of benzene rings is 1. The Morgan fingerprint density at radius 2 is 2.13 bits per heavy atom. The fraction of sp³-hybridized carbons (Fsp3) is 0.385. The van der Waals surface area contributed by atoms with Crippen molar-refractivity contribution >= 4 is 0 Å². The van der Waals surface area contributed by atoms with Crippen LogP contribution in [0.25, 0.3) is 0 Å². The normalized spacial score (nSPS) is 11.4. The second-order valence-corrected chi connectivity index (χ2v) is 3.26. The lowest BCUT2D eigenvalue weighted by Gasteiger charge is -2.12. The number of aliphatic hydroxyl groups is 1. The van der Waals surface area contributed by atoms with Crippen LogP contribution in [0.4, 0.5) is 0 Å². The van der Waals surface area contributed by atoms with E-state index in [2.05, 4.69) is 11.8 Å². The number of hydrogen-bond acceptors (Lipinski definition) is 2. The summed E-state index contributed by atoms with van der Waals surface area (Å²) in [6.07, 6.45) is 0.624.